The number of rotatable bonds is 7. The maximum Gasteiger partial charge on any atom is 0.239 e. The average Bonchev–Trinajstić information content (AvgIpc) is 3.22. The maximum absolute atomic E-state index is 12.2. The first-order chi connectivity index (χ1) is 9.45. The third kappa shape index (κ3) is 3.51. The van der Waals surface area contributed by atoms with Gasteiger partial charge in [0, 0.05) is 31.8 Å². The summed E-state index contributed by atoms with van der Waals surface area (Å²) in [5.74, 6) is 0.192. The normalized spacial score (nSPS) is 24.1. The van der Waals surface area contributed by atoms with Gasteiger partial charge in [-0.15, -0.1) is 0 Å². The van der Waals surface area contributed by atoms with E-state index >= 15 is 0 Å². The van der Waals surface area contributed by atoms with E-state index in [4.69, 9.17) is 10.5 Å². The van der Waals surface area contributed by atoms with E-state index in [-0.39, 0.29) is 11.9 Å². The molecule has 20 heavy (non-hydrogen) atoms. The Hall–Kier alpha value is -0.650. The molecule has 2 aliphatic rings. The first-order valence-electron chi connectivity index (χ1n) is 7.81. The Bertz CT molecular complexity index is 338. The number of hydrogen-bond acceptors (Lipinski definition) is 4. The second-order valence-electron chi connectivity index (χ2n) is 6.67. The fourth-order valence-electron chi connectivity index (χ4n) is 3.38. The summed E-state index contributed by atoms with van der Waals surface area (Å²) in [6.45, 7) is 6.50. The summed E-state index contributed by atoms with van der Waals surface area (Å²) in [5.41, 5.74) is 5.22. The molecule has 116 valence electrons. The van der Waals surface area contributed by atoms with Crippen molar-refractivity contribution < 1.29 is 9.53 Å². The summed E-state index contributed by atoms with van der Waals surface area (Å²) in [4.78, 5) is 14.5. The second-order valence-corrected chi connectivity index (χ2v) is 6.67. The van der Waals surface area contributed by atoms with E-state index in [9.17, 15) is 4.79 Å². The topological polar surface area (TPSA) is 67.6 Å². The van der Waals surface area contributed by atoms with Crippen molar-refractivity contribution in [1.82, 2.24) is 10.2 Å². The summed E-state index contributed by atoms with van der Waals surface area (Å²) >= 11 is 0. The Labute approximate surface area is 122 Å². The quantitative estimate of drug-likeness (QED) is 0.723. The highest BCUT2D eigenvalue weighted by Crippen LogP contribution is 2.40. The van der Waals surface area contributed by atoms with E-state index in [0.717, 1.165) is 38.9 Å². The Morgan fingerprint density at radius 1 is 1.35 bits per heavy atom. The van der Waals surface area contributed by atoms with Gasteiger partial charge in [-0.2, -0.15) is 0 Å². The Morgan fingerprint density at radius 2 is 1.95 bits per heavy atom. The number of likely N-dealkylation sites (N-methyl/N-ethyl adjacent to an activating group) is 1. The minimum absolute atomic E-state index is 0.201. The van der Waals surface area contributed by atoms with Gasteiger partial charge in [0.2, 0.25) is 5.91 Å². The van der Waals surface area contributed by atoms with Crippen LogP contribution in [0.2, 0.25) is 0 Å². The second kappa shape index (κ2) is 6.41. The third-order valence-corrected chi connectivity index (χ3v) is 4.57. The van der Waals surface area contributed by atoms with Crippen LogP contribution in [0.25, 0.3) is 0 Å². The van der Waals surface area contributed by atoms with Crippen LogP contribution in [0.1, 0.15) is 39.5 Å². The van der Waals surface area contributed by atoms with Gasteiger partial charge in [0.15, 0.2) is 0 Å². The largest absolute Gasteiger partial charge is 0.381 e. The first-order valence-corrected chi connectivity index (χ1v) is 7.81. The molecule has 1 unspecified atom stereocenters. The highest BCUT2D eigenvalue weighted by atomic mass is 16.5. The number of nitrogens with zero attached hydrogens (tertiary/aromatic N) is 1. The summed E-state index contributed by atoms with van der Waals surface area (Å²) < 4.78 is 5.42. The number of carbonyl (C=O) groups excluding carboxylic acids is 1. The highest BCUT2D eigenvalue weighted by molar-refractivity contribution is 5.86. The van der Waals surface area contributed by atoms with Crippen LogP contribution in [-0.2, 0) is 9.53 Å². The molecule has 1 aliphatic heterocycles. The smallest absolute Gasteiger partial charge is 0.239 e. The number of amides is 1. The zero-order valence-electron chi connectivity index (χ0n) is 13.0. The van der Waals surface area contributed by atoms with E-state index in [1.807, 2.05) is 0 Å². The summed E-state index contributed by atoms with van der Waals surface area (Å²) in [7, 11) is 2.11. The van der Waals surface area contributed by atoms with Gasteiger partial charge < -0.3 is 15.4 Å². The van der Waals surface area contributed by atoms with Crippen LogP contribution in [0, 0.1) is 5.92 Å². The van der Waals surface area contributed by atoms with E-state index in [2.05, 4.69) is 31.1 Å². The number of nitrogens with two attached hydrogens (primary N) is 1. The van der Waals surface area contributed by atoms with Gasteiger partial charge in [-0.05, 0) is 52.5 Å². The number of hydrogen-bond donors (Lipinski definition) is 2. The maximum atomic E-state index is 12.2. The van der Waals surface area contributed by atoms with Crippen molar-refractivity contribution in [2.24, 2.45) is 11.7 Å². The van der Waals surface area contributed by atoms with Crippen LogP contribution >= 0.6 is 0 Å². The molecular formula is C15H29N3O2. The van der Waals surface area contributed by atoms with Crippen LogP contribution in [0.4, 0.5) is 0 Å². The Balaban J connectivity index is 2.07. The molecule has 0 bridgehead atoms. The van der Waals surface area contributed by atoms with Crippen molar-refractivity contribution in [1.29, 1.82) is 0 Å². The fraction of sp³-hybridized carbons (Fsp3) is 0.933. The first kappa shape index (κ1) is 15.7. The molecule has 2 fully saturated rings. The molecule has 5 nitrogen and oxygen atoms in total. The molecule has 2 rings (SSSR count). The van der Waals surface area contributed by atoms with E-state index in [0.29, 0.717) is 18.5 Å². The lowest BCUT2D eigenvalue weighted by molar-refractivity contribution is -0.127. The SMILES string of the molecule is CC(C)NC(CN(C)C1CCOCC1)(C(N)=O)C1CC1. The number of primary amides is 1. The van der Waals surface area contributed by atoms with Crippen LogP contribution in [0.3, 0.4) is 0 Å². The average molecular weight is 283 g/mol. The minimum atomic E-state index is -0.568. The highest BCUT2D eigenvalue weighted by Gasteiger charge is 2.51. The molecule has 0 aromatic carbocycles. The molecule has 1 saturated heterocycles. The van der Waals surface area contributed by atoms with Crippen molar-refractivity contribution in [3.05, 3.63) is 0 Å². The van der Waals surface area contributed by atoms with Crippen LogP contribution in [-0.4, -0.2) is 55.2 Å². The zero-order valence-corrected chi connectivity index (χ0v) is 13.0. The molecule has 1 aliphatic carbocycles. The van der Waals surface area contributed by atoms with E-state index < -0.39 is 5.54 Å². The Kier molecular flexibility index (Phi) is 5.04. The van der Waals surface area contributed by atoms with Gasteiger partial charge in [-0.3, -0.25) is 10.1 Å². The molecule has 0 aromatic rings. The molecule has 0 aromatic heterocycles. The molecule has 3 N–H and O–H groups in total. The summed E-state index contributed by atoms with van der Waals surface area (Å²) in [6, 6.07) is 0.751. The van der Waals surface area contributed by atoms with Gasteiger partial charge in [0.25, 0.3) is 0 Å². The predicted octanol–water partition coefficient (Wildman–Crippen LogP) is 0.729. The standard InChI is InChI=1S/C15H29N3O2/c1-11(2)17-15(14(16)19,12-4-5-12)10-18(3)13-6-8-20-9-7-13/h11-13,17H,4-10H2,1-3H3,(H2,16,19). The molecule has 0 radical (unpaired) electrons. The molecule has 1 saturated carbocycles. The predicted molar refractivity (Wildman–Crippen MR) is 79.4 cm³/mol. The third-order valence-electron chi connectivity index (χ3n) is 4.57. The van der Waals surface area contributed by atoms with Crippen LogP contribution < -0.4 is 11.1 Å². The van der Waals surface area contributed by atoms with Gasteiger partial charge in [-0.25, -0.2) is 0 Å². The van der Waals surface area contributed by atoms with Crippen molar-refractivity contribution in [2.45, 2.75) is 57.2 Å². The minimum Gasteiger partial charge on any atom is -0.381 e. The number of carbonyl (C=O) groups is 1. The number of ether oxygens (including phenoxy) is 1. The van der Waals surface area contributed by atoms with Crippen LogP contribution in [0.5, 0.6) is 0 Å². The molecule has 5 heteroatoms. The van der Waals surface area contributed by atoms with E-state index in [1.54, 1.807) is 0 Å². The number of nitrogens with one attached hydrogen (secondary N) is 1. The van der Waals surface area contributed by atoms with Crippen molar-refractivity contribution in [3.63, 3.8) is 0 Å². The monoisotopic (exact) mass is 283 g/mol. The molecule has 1 heterocycles. The van der Waals surface area contributed by atoms with Gasteiger partial charge >= 0.3 is 0 Å². The van der Waals surface area contributed by atoms with Crippen molar-refractivity contribution in [3.8, 4) is 0 Å². The molecular weight excluding hydrogens is 254 g/mol. The fourth-order valence-corrected chi connectivity index (χ4v) is 3.38. The van der Waals surface area contributed by atoms with Gasteiger partial charge in [0.05, 0.1) is 0 Å². The summed E-state index contributed by atoms with van der Waals surface area (Å²) in [5, 5.41) is 3.48. The molecule has 0 spiro atoms. The van der Waals surface area contributed by atoms with Crippen molar-refractivity contribution in [2.75, 3.05) is 26.8 Å². The molecule has 1 atom stereocenters. The lowest BCUT2D eigenvalue weighted by Gasteiger charge is -2.41. The van der Waals surface area contributed by atoms with Crippen molar-refractivity contribution >= 4 is 5.91 Å². The lowest BCUT2D eigenvalue weighted by atomic mass is 9.89. The van der Waals surface area contributed by atoms with E-state index in [1.165, 1.54) is 0 Å². The van der Waals surface area contributed by atoms with Gasteiger partial charge in [-0.1, -0.05) is 0 Å². The Morgan fingerprint density at radius 3 is 2.40 bits per heavy atom. The summed E-state index contributed by atoms with van der Waals surface area (Å²) in [6.07, 6.45) is 4.28. The van der Waals surface area contributed by atoms with Crippen LogP contribution in [0.15, 0.2) is 0 Å². The lowest BCUT2D eigenvalue weighted by Crippen LogP contribution is -2.65. The molecule has 1 amide bonds. The zero-order chi connectivity index (χ0) is 14.8. The van der Waals surface area contributed by atoms with Gasteiger partial charge in [0.1, 0.15) is 5.54 Å².